The van der Waals surface area contributed by atoms with Gasteiger partial charge in [0.05, 0.1) is 6.54 Å². The summed E-state index contributed by atoms with van der Waals surface area (Å²) in [6.07, 6.45) is 4.89. The van der Waals surface area contributed by atoms with Crippen LogP contribution >= 0.6 is 0 Å². The van der Waals surface area contributed by atoms with Crippen LogP contribution in [-0.4, -0.2) is 21.7 Å². The van der Waals surface area contributed by atoms with E-state index in [0.29, 0.717) is 19.4 Å². The zero-order valence-corrected chi connectivity index (χ0v) is 12.3. The average Bonchev–Trinajstić information content (AvgIpc) is 2.96. The van der Waals surface area contributed by atoms with E-state index in [0.717, 1.165) is 12.1 Å². The molecular weight excluding hydrogens is 264 g/mol. The van der Waals surface area contributed by atoms with E-state index in [1.165, 1.54) is 5.56 Å². The highest BCUT2D eigenvalue weighted by molar-refractivity contribution is 5.75. The Hall–Kier alpha value is -2.14. The Morgan fingerprint density at radius 1 is 1.38 bits per heavy atom. The maximum atomic E-state index is 11.7. The lowest BCUT2D eigenvalue weighted by Gasteiger charge is -2.08. The molecule has 0 aliphatic rings. The van der Waals surface area contributed by atoms with Crippen molar-refractivity contribution in [1.29, 1.82) is 0 Å². The van der Waals surface area contributed by atoms with Gasteiger partial charge in [0, 0.05) is 31.4 Å². The molecule has 112 valence electrons. The smallest absolute Gasteiger partial charge is 0.220 e. The van der Waals surface area contributed by atoms with Gasteiger partial charge in [-0.1, -0.05) is 24.3 Å². The number of benzene rings is 1. The van der Waals surface area contributed by atoms with Crippen LogP contribution in [-0.2, 0) is 17.9 Å². The summed E-state index contributed by atoms with van der Waals surface area (Å²) in [7, 11) is 0. The molecule has 5 nitrogen and oxygen atoms in total. The number of hydrogen-bond acceptors (Lipinski definition) is 3. The number of rotatable bonds is 7. The van der Waals surface area contributed by atoms with Gasteiger partial charge in [-0.25, -0.2) is 0 Å². The van der Waals surface area contributed by atoms with E-state index >= 15 is 0 Å². The highest BCUT2D eigenvalue weighted by Gasteiger charge is 2.04. The zero-order chi connectivity index (χ0) is 15.1. The van der Waals surface area contributed by atoms with E-state index in [1.807, 2.05) is 36.0 Å². The van der Waals surface area contributed by atoms with Crippen LogP contribution in [0.15, 0.2) is 42.7 Å². The van der Waals surface area contributed by atoms with Crippen LogP contribution in [0.2, 0.25) is 0 Å². The molecule has 0 spiro atoms. The SMILES string of the molecule is CC(N)CCC(=O)NCc1cccc(Cn2cccn2)c1. The van der Waals surface area contributed by atoms with Gasteiger partial charge in [-0.2, -0.15) is 5.10 Å². The van der Waals surface area contributed by atoms with Crippen molar-refractivity contribution in [1.82, 2.24) is 15.1 Å². The summed E-state index contributed by atoms with van der Waals surface area (Å²) in [6, 6.07) is 10.1. The van der Waals surface area contributed by atoms with Crippen molar-refractivity contribution in [2.45, 2.75) is 38.9 Å². The maximum absolute atomic E-state index is 11.7. The van der Waals surface area contributed by atoms with Gasteiger partial charge in [-0.15, -0.1) is 0 Å². The van der Waals surface area contributed by atoms with Crippen LogP contribution in [0.5, 0.6) is 0 Å². The summed E-state index contributed by atoms with van der Waals surface area (Å²) in [5, 5.41) is 7.11. The number of nitrogens with zero attached hydrogens (tertiary/aromatic N) is 2. The Labute approximate surface area is 125 Å². The quantitative estimate of drug-likeness (QED) is 0.813. The summed E-state index contributed by atoms with van der Waals surface area (Å²) >= 11 is 0. The maximum Gasteiger partial charge on any atom is 0.220 e. The molecule has 0 aliphatic heterocycles. The van der Waals surface area contributed by atoms with E-state index < -0.39 is 0 Å². The third kappa shape index (κ3) is 5.39. The largest absolute Gasteiger partial charge is 0.352 e. The molecule has 5 heteroatoms. The molecule has 0 saturated carbocycles. The van der Waals surface area contributed by atoms with Crippen LogP contribution in [0.1, 0.15) is 30.9 Å². The Bertz CT molecular complexity index is 563. The lowest BCUT2D eigenvalue weighted by molar-refractivity contribution is -0.121. The molecule has 2 rings (SSSR count). The summed E-state index contributed by atoms with van der Waals surface area (Å²) < 4.78 is 1.88. The Balaban J connectivity index is 1.85. The third-order valence-electron chi connectivity index (χ3n) is 3.21. The average molecular weight is 286 g/mol. The second kappa shape index (κ2) is 7.59. The van der Waals surface area contributed by atoms with Gasteiger partial charge in [-0.05, 0) is 30.5 Å². The highest BCUT2D eigenvalue weighted by atomic mass is 16.1. The summed E-state index contributed by atoms with van der Waals surface area (Å²) in [5.41, 5.74) is 7.90. The van der Waals surface area contributed by atoms with E-state index in [-0.39, 0.29) is 11.9 Å². The van der Waals surface area contributed by atoms with Gasteiger partial charge in [0.2, 0.25) is 5.91 Å². The molecule has 3 N–H and O–H groups in total. The minimum atomic E-state index is 0.0461. The first-order valence-electron chi connectivity index (χ1n) is 7.21. The number of hydrogen-bond donors (Lipinski definition) is 2. The first-order valence-corrected chi connectivity index (χ1v) is 7.21. The first-order chi connectivity index (χ1) is 10.1. The molecule has 21 heavy (non-hydrogen) atoms. The van der Waals surface area contributed by atoms with E-state index in [2.05, 4.69) is 22.5 Å². The number of amides is 1. The van der Waals surface area contributed by atoms with Crippen LogP contribution in [0.3, 0.4) is 0 Å². The molecule has 1 unspecified atom stereocenters. The molecule has 1 amide bonds. The molecular formula is C16H22N4O. The van der Waals surface area contributed by atoms with Gasteiger partial charge < -0.3 is 11.1 Å². The molecule has 1 atom stereocenters. The van der Waals surface area contributed by atoms with Crippen molar-refractivity contribution in [2.24, 2.45) is 5.73 Å². The molecule has 0 bridgehead atoms. The van der Waals surface area contributed by atoms with Crippen LogP contribution in [0.4, 0.5) is 0 Å². The third-order valence-corrected chi connectivity index (χ3v) is 3.21. The molecule has 0 radical (unpaired) electrons. The Kier molecular flexibility index (Phi) is 5.51. The van der Waals surface area contributed by atoms with E-state index in [1.54, 1.807) is 6.20 Å². The van der Waals surface area contributed by atoms with Crippen LogP contribution < -0.4 is 11.1 Å². The molecule has 2 aromatic rings. The number of carbonyl (C=O) groups excluding carboxylic acids is 1. The molecule has 1 aromatic carbocycles. The number of nitrogens with two attached hydrogens (primary N) is 1. The standard InChI is InChI=1S/C16H22N4O/c1-13(17)6-7-16(21)18-11-14-4-2-5-15(10-14)12-20-9-3-8-19-20/h2-5,8-10,13H,6-7,11-12,17H2,1H3,(H,18,21). The summed E-state index contributed by atoms with van der Waals surface area (Å²) in [5.74, 6) is 0.0461. The zero-order valence-electron chi connectivity index (χ0n) is 12.3. The van der Waals surface area contributed by atoms with Crippen molar-refractivity contribution in [3.63, 3.8) is 0 Å². The predicted octanol–water partition coefficient (Wildman–Crippen LogP) is 1.67. The topological polar surface area (TPSA) is 72.9 Å². The lowest BCUT2D eigenvalue weighted by Crippen LogP contribution is -2.25. The lowest BCUT2D eigenvalue weighted by atomic mass is 10.1. The fourth-order valence-corrected chi connectivity index (χ4v) is 2.07. The highest BCUT2D eigenvalue weighted by Crippen LogP contribution is 2.07. The molecule has 1 heterocycles. The minimum Gasteiger partial charge on any atom is -0.352 e. The summed E-state index contributed by atoms with van der Waals surface area (Å²) in [4.78, 5) is 11.7. The van der Waals surface area contributed by atoms with Gasteiger partial charge in [-0.3, -0.25) is 9.48 Å². The van der Waals surface area contributed by atoms with Gasteiger partial charge >= 0.3 is 0 Å². The van der Waals surface area contributed by atoms with Crippen molar-refractivity contribution >= 4 is 5.91 Å². The second-order valence-electron chi connectivity index (χ2n) is 5.32. The number of aromatic nitrogens is 2. The predicted molar refractivity (Wildman–Crippen MR) is 82.5 cm³/mol. The van der Waals surface area contributed by atoms with Gasteiger partial charge in [0.25, 0.3) is 0 Å². The van der Waals surface area contributed by atoms with Crippen molar-refractivity contribution in [3.05, 3.63) is 53.9 Å². The number of carbonyl (C=O) groups is 1. The minimum absolute atomic E-state index is 0.0461. The molecule has 0 aliphatic carbocycles. The fraction of sp³-hybridized carbons (Fsp3) is 0.375. The van der Waals surface area contributed by atoms with Crippen LogP contribution in [0, 0.1) is 0 Å². The van der Waals surface area contributed by atoms with Crippen molar-refractivity contribution < 1.29 is 4.79 Å². The second-order valence-corrected chi connectivity index (χ2v) is 5.32. The molecule has 0 fully saturated rings. The number of nitrogens with one attached hydrogen (secondary N) is 1. The Morgan fingerprint density at radius 2 is 2.19 bits per heavy atom. The monoisotopic (exact) mass is 286 g/mol. The van der Waals surface area contributed by atoms with E-state index in [4.69, 9.17) is 5.73 Å². The Morgan fingerprint density at radius 3 is 2.90 bits per heavy atom. The van der Waals surface area contributed by atoms with Crippen LogP contribution in [0.25, 0.3) is 0 Å². The fourth-order valence-electron chi connectivity index (χ4n) is 2.07. The van der Waals surface area contributed by atoms with Crippen molar-refractivity contribution in [3.8, 4) is 0 Å². The van der Waals surface area contributed by atoms with Gasteiger partial charge in [0.15, 0.2) is 0 Å². The normalized spacial score (nSPS) is 12.1. The molecule has 0 saturated heterocycles. The first kappa shape index (κ1) is 15.3. The summed E-state index contributed by atoms with van der Waals surface area (Å²) in [6.45, 7) is 3.19. The van der Waals surface area contributed by atoms with E-state index in [9.17, 15) is 4.79 Å². The van der Waals surface area contributed by atoms with Crippen molar-refractivity contribution in [2.75, 3.05) is 0 Å². The van der Waals surface area contributed by atoms with Gasteiger partial charge in [0.1, 0.15) is 0 Å². The molecule has 1 aromatic heterocycles.